The highest BCUT2D eigenvalue weighted by Gasteiger charge is 2.27. The predicted molar refractivity (Wildman–Crippen MR) is 129 cm³/mol. The summed E-state index contributed by atoms with van der Waals surface area (Å²) < 4.78 is 56.4. The van der Waals surface area contributed by atoms with E-state index in [1.807, 2.05) is 0 Å². The summed E-state index contributed by atoms with van der Waals surface area (Å²) in [5.74, 6) is -0.171. The van der Waals surface area contributed by atoms with Crippen LogP contribution in [0, 0.1) is 5.82 Å². The van der Waals surface area contributed by atoms with E-state index in [2.05, 4.69) is 4.98 Å². The highest BCUT2D eigenvalue weighted by Crippen LogP contribution is 2.24. The van der Waals surface area contributed by atoms with E-state index in [4.69, 9.17) is 4.74 Å². The summed E-state index contributed by atoms with van der Waals surface area (Å²) in [6.07, 6.45) is -4.45. The number of aromatic nitrogens is 2. The molecule has 5 nitrogen and oxygen atoms in total. The molecular formula is C26H20F4N2O3S. The molecule has 4 rings (SSSR count). The van der Waals surface area contributed by atoms with Gasteiger partial charge in [-0.05, 0) is 41.5 Å². The number of alkyl halides is 3. The second-order valence-electron chi connectivity index (χ2n) is 8.00. The minimum atomic E-state index is -4.45. The van der Waals surface area contributed by atoms with Crippen molar-refractivity contribution in [3.05, 3.63) is 105 Å². The fourth-order valence-electron chi connectivity index (χ4n) is 3.55. The van der Waals surface area contributed by atoms with Crippen molar-refractivity contribution in [2.24, 2.45) is 7.05 Å². The van der Waals surface area contributed by atoms with Crippen molar-refractivity contribution in [3.8, 4) is 0 Å². The number of hydrogen-bond acceptors (Lipinski definition) is 5. The van der Waals surface area contributed by atoms with Crippen LogP contribution < -0.4 is 5.56 Å². The number of carbonyl (C=O) groups excluding carboxylic acids is 1. The summed E-state index contributed by atoms with van der Waals surface area (Å²) >= 11 is 1.31. The van der Waals surface area contributed by atoms with E-state index < -0.39 is 18.6 Å². The number of rotatable bonds is 8. The van der Waals surface area contributed by atoms with Crippen LogP contribution in [-0.4, -0.2) is 28.1 Å². The van der Waals surface area contributed by atoms with E-state index in [0.717, 1.165) is 5.56 Å². The maximum absolute atomic E-state index is 13.1. The van der Waals surface area contributed by atoms with Crippen molar-refractivity contribution in [2.45, 2.75) is 23.7 Å². The zero-order chi connectivity index (χ0) is 25.9. The zero-order valence-corrected chi connectivity index (χ0v) is 19.8. The topological polar surface area (TPSA) is 61.2 Å². The molecule has 186 valence electrons. The van der Waals surface area contributed by atoms with Gasteiger partial charge in [0.1, 0.15) is 12.4 Å². The van der Waals surface area contributed by atoms with Gasteiger partial charge in [-0.3, -0.25) is 14.2 Å². The Bertz CT molecular complexity index is 1450. The molecule has 0 fully saturated rings. The number of fused-ring (bicyclic) bond motifs is 1. The van der Waals surface area contributed by atoms with Crippen molar-refractivity contribution in [2.75, 3.05) is 6.61 Å². The molecule has 4 aromatic rings. The van der Waals surface area contributed by atoms with Crippen molar-refractivity contribution in [1.82, 2.24) is 9.55 Å². The molecule has 0 N–H and O–H groups in total. The van der Waals surface area contributed by atoms with Crippen LogP contribution in [0.5, 0.6) is 0 Å². The Balaban J connectivity index is 1.48. The average Bonchev–Trinajstić information content (AvgIpc) is 2.85. The lowest BCUT2D eigenvalue weighted by atomic mass is 10.0. The molecule has 0 spiro atoms. The molecule has 0 aliphatic carbocycles. The lowest BCUT2D eigenvalue weighted by Gasteiger charge is -2.12. The molecule has 1 aromatic heterocycles. The molecule has 0 aliphatic heterocycles. The second-order valence-corrected chi connectivity index (χ2v) is 8.94. The normalized spacial score (nSPS) is 11.7. The highest BCUT2D eigenvalue weighted by atomic mass is 32.2. The van der Waals surface area contributed by atoms with Crippen LogP contribution in [0.2, 0.25) is 0 Å². The standard InChI is InChI=1S/C26H20F4N2O3S/c1-32-24(34)22-19(13-35-15-26(28,29)30)3-2-4-21(22)31-25(32)36-14-16-5-7-17(8-6-16)23(33)18-9-11-20(27)12-10-18/h2-12H,13-15H2,1H3. The van der Waals surface area contributed by atoms with E-state index in [0.29, 0.717) is 33.1 Å². The van der Waals surface area contributed by atoms with Gasteiger partial charge in [0.2, 0.25) is 0 Å². The molecule has 0 saturated heterocycles. The van der Waals surface area contributed by atoms with Crippen molar-refractivity contribution in [1.29, 1.82) is 0 Å². The van der Waals surface area contributed by atoms with Gasteiger partial charge in [0, 0.05) is 23.9 Å². The number of nitrogens with zero attached hydrogens (tertiary/aromatic N) is 2. The van der Waals surface area contributed by atoms with Crippen LogP contribution in [0.3, 0.4) is 0 Å². The molecule has 0 saturated carbocycles. The molecular weight excluding hydrogens is 496 g/mol. The van der Waals surface area contributed by atoms with Crippen LogP contribution in [0.4, 0.5) is 17.6 Å². The van der Waals surface area contributed by atoms with E-state index >= 15 is 0 Å². The average molecular weight is 517 g/mol. The first kappa shape index (κ1) is 25.6. The van der Waals surface area contributed by atoms with Gasteiger partial charge >= 0.3 is 6.18 Å². The number of thioether (sulfide) groups is 1. The van der Waals surface area contributed by atoms with E-state index in [-0.39, 0.29) is 23.3 Å². The number of halogens is 4. The van der Waals surface area contributed by atoms with Crippen LogP contribution in [0.1, 0.15) is 27.0 Å². The SMILES string of the molecule is Cn1c(SCc2ccc(C(=O)c3ccc(F)cc3)cc2)nc2cccc(COCC(F)(F)F)c2c1=O. The van der Waals surface area contributed by atoms with E-state index in [9.17, 15) is 27.2 Å². The van der Waals surface area contributed by atoms with Crippen LogP contribution in [0.15, 0.2) is 76.7 Å². The molecule has 0 bridgehead atoms. The first-order valence-electron chi connectivity index (χ1n) is 10.8. The number of hydrogen-bond donors (Lipinski definition) is 0. The Hall–Kier alpha value is -3.50. The lowest BCUT2D eigenvalue weighted by Crippen LogP contribution is -2.22. The molecule has 0 atom stereocenters. The maximum Gasteiger partial charge on any atom is 0.411 e. The summed E-state index contributed by atoms with van der Waals surface area (Å²) in [6, 6.07) is 17.1. The molecule has 10 heteroatoms. The summed E-state index contributed by atoms with van der Waals surface area (Å²) in [5, 5.41) is 0.655. The molecule has 0 amide bonds. The first-order valence-corrected chi connectivity index (χ1v) is 11.8. The fraction of sp³-hybridized carbons (Fsp3) is 0.192. The molecule has 3 aromatic carbocycles. The minimum Gasteiger partial charge on any atom is -0.367 e. The van der Waals surface area contributed by atoms with Gasteiger partial charge in [-0.1, -0.05) is 48.2 Å². The predicted octanol–water partition coefficient (Wildman–Crippen LogP) is 5.67. The molecule has 0 radical (unpaired) electrons. The Morgan fingerprint density at radius 3 is 2.28 bits per heavy atom. The third kappa shape index (κ3) is 6.00. The van der Waals surface area contributed by atoms with Gasteiger partial charge in [0.25, 0.3) is 5.56 Å². The molecule has 0 unspecified atom stereocenters. The van der Waals surface area contributed by atoms with Gasteiger partial charge in [-0.25, -0.2) is 9.37 Å². The van der Waals surface area contributed by atoms with Gasteiger partial charge in [-0.2, -0.15) is 13.2 Å². The number of carbonyl (C=O) groups is 1. The van der Waals surface area contributed by atoms with Crippen LogP contribution >= 0.6 is 11.8 Å². The summed E-state index contributed by atoms with van der Waals surface area (Å²) in [7, 11) is 1.55. The number of benzene rings is 3. The second kappa shape index (κ2) is 10.6. The van der Waals surface area contributed by atoms with Gasteiger partial charge in [0.15, 0.2) is 10.9 Å². The van der Waals surface area contributed by atoms with Gasteiger partial charge in [-0.15, -0.1) is 0 Å². The fourth-order valence-corrected chi connectivity index (χ4v) is 4.48. The molecule has 0 aliphatic rings. The smallest absolute Gasteiger partial charge is 0.367 e. The van der Waals surface area contributed by atoms with Gasteiger partial charge < -0.3 is 4.74 Å². The van der Waals surface area contributed by atoms with E-state index in [1.54, 1.807) is 49.5 Å². The van der Waals surface area contributed by atoms with Crippen molar-refractivity contribution >= 4 is 28.4 Å². The third-order valence-corrected chi connectivity index (χ3v) is 6.47. The minimum absolute atomic E-state index is 0.218. The Labute approximate surface area is 207 Å². The lowest BCUT2D eigenvalue weighted by molar-refractivity contribution is -0.176. The van der Waals surface area contributed by atoms with Crippen molar-refractivity contribution < 1.29 is 27.1 Å². The quantitative estimate of drug-likeness (QED) is 0.131. The summed E-state index contributed by atoms with van der Waals surface area (Å²) in [6.45, 7) is -1.76. The highest BCUT2D eigenvalue weighted by molar-refractivity contribution is 7.98. The van der Waals surface area contributed by atoms with Gasteiger partial charge in [0.05, 0.1) is 17.5 Å². The van der Waals surface area contributed by atoms with Crippen LogP contribution in [0.25, 0.3) is 10.9 Å². The Morgan fingerprint density at radius 1 is 1.00 bits per heavy atom. The number of ketones is 1. The Kier molecular flexibility index (Phi) is 7.56. The van der Waals surface area contributed by atoms with Crippen LogP contribution in [-0.2, 0) is 24.1 Å². The first-order chi connectivity index (χ1) is 17.1. The number of ether oxygens (including phenoxy) is 1. The monoisotopic (exact) mass is 516 g/mol. The van der Waals surface area contributed by atoms with E-state index in [1.165, 1.54) is 40.6 Å². The summed E-state index contributed by atoms with van der Waals surface area (Å²) in [5.41, 5.74) is 2.06. The maximum atomic E-state index is 13.1. The zero-order valence-electron chi connectivity index (χ0n) is 19.0. The third-order valence-electron chi connectivity index (χ3n) is 5.36. The Morgan fingerprint density at radius 2 is 1.64 bits per heavy atom. The molecule has 1 heterocycles. The molecule has 36 heavy (non-hydrogen) atoms. The van der Waals surface area contributed by atoms with Crippen molar-refractivity contribution in [3.63, 3.8) is 0 Å². The summed E-state index contributed by atoms with van der Waals surface area (Å²) in [4.78, 5) is 30.1. The largest absolute Gasteiger partial charge is 0.411 e.